The third-order valence-electron chi connectivity index (χ3n) is 3.19. The van der Waals surface area contributed by atoms with Gasteiger partial charge in [-0.25, -0.2) is 4.98 Å². The summed E-state index contributed by atoms with van der Waals surface area (Å²) in [4.78, 5) is 6.31. The van der Waals surface area contributed by atoms with Crippen LogP contribution in [-0.4, -0.2) is 48.3 Å². The van der Waals surface area contributed by atoms with Crippen molar-refractivity contribution in [1.29, 1.82) is 5.26 Å². The number of nitrogens with zero attached hydrogens (tertiary/aromatic N) is 3. The molecular weight excluding hydrogens is 240 g/mol. The molecule has 0 fully saturated rings. The fourth-order valence-corrected chi connectivity index (χ4v) is 1.91. The fourth-order valence-electron chi connectivity index (χ4n) is 1.91. The molecule has 5 heteroatoms. The monoisotopic (exact) mass is 262 g/mol. The number of hydrogen-bond acceptors (Lipinski definition) is 5. The van der Waals surface area contributed by atoms with Crippen LogP contribution in [0.5, 0.6) is 0 Å². The number of pyridine rings is 1. The average Bonchev–Trinajstić information content (AvgIpc) is 2.32. The summed E-state index contributed by atoms with van der Waals surface area (Å²) in [6.45, 7) is 6.75. The van der Waals surface area contributed by atoms with E-state index in [0.717, 1.165) is 16.8 Å². The number of nitriles is 1. The second-order valence-corrected chi connectivity index (χ2v) is 5.08. The van der Waals surface area contributed by atoms with E-state index < -0.39 is 6.10 Å². The zero-order valence-electron chi connectivity index (χ0n) is 12.3. The number of aliphatic hydroxyl groups is 1. The van der Waals surface area contributed by atoms with Crippen LogP contribution in [0.25, 0.3) is 0 Å². The van der Waals surface area contributed by atoms with E-state index in [1.54, 1.807) is 0 Å². The van der Waals surface area contributed by atoms with Crippen LogP contribution in [0.3, 0.4) is 0 Å². The Labute approximate surface area is 114 Å². The van der Waals surface area contributed by atoms with E-state index in [0.29, 0.717) is 24.5 Å². The maximum Gasteiger partial charge on any atom is 0.144 e. The van der Waals surface area contributed by atoms with Gasteiger partial charge in [-0.3, -0.25) is 0 Å². The molecule has 1 aromatic rings. The maximum absolute atomic E-state index is 9.82. The van der Waals surface area contributed by atoms with Gasteiger partial charge < -0.3 is 15.3 Å². The molecule has 0 aliphatic carbocycles. The molecule has 1 rings (SSSR count). The Kier molecular flexibility index (Phi) is 5.28. The van der Waals surface area contributed by atoms with Crippen molar-refractivity contribution in [3.8, 4) is 6.07 Å². The summed E-state index contributed by atoms with van der Waals surface area (Å²) in [5.41, 5.74) is 3.44. The van der Waals surface area contributed by atoms with Crippen LogP contribution >= 0.6 is 0 Å². The van der Waals surface area contributed by atoms with Gasteiger partial charge in [0, 0.05) is 18.8 Å². The minimum Gasteiger partial charge on any atom is -0.390 e. The molecule has 0 spiro atoms. The number of nitrogens with one attached hydrogen (secondary N) is 1. The molecule has 0 saturated heterocycles. The summed E-state index contributed by atoms with van der Waals surface area (Å²) >= 11 is 0. The summed E-state index contributed by atoms with van der Waals surface area (Å²) in [7, 11) is 3.81. The second-order valence-electron chi connectivity index (χ2n) is 5.08. The highest BCUT2D eigenvalue weighted by atomic mass is 16.3. The zero-order valence-corrected chi connectivity index (χ0v) is 12.3. The van der Waals surface area contributed by atoms with E-state index >= 15 is 0 Å². The van der Waals surface area contributed by atoms with Gasteiger partial charge in [-0.15, -0.1) is 0 Å². The van der Waals surface area contributed by atoms with E-state index in [4.69, 9.17) is 0 Å². The van der Waals surface area contributed by atoms with E-state index in [-0.39, 0.29) is 0 Å². The van der Waals surface area contributed by atoms with Crippen molar-refractivity contribution >= 4 is 5.82 Å². The van der Waals surface area contributed by atoms with Crippen LogP contribution in [0.4, 0.5) is 5.82 Å². The lowest BCUT2D eigenvalue weighted by Crippen LogP contribution is -2.31. The molecule has 1 atom stereocenters. The molecule has 1 unspecified atom stereocenters. The summed E-state index contributed by atoms with van der Waals surface area (Å²) in [6.07, 6.45) is -0.495. The molecule has 104 valence electrons. The van der Waals surface area contributed by atoms with Crippen molar-refractivity contribution in [3.63, 3.8) is 0 Å². The number of aliphatic hydroxyl groups excluding tert-OH is 1. The molecule has 5 nitrogen and oxygen atoms in total. The van der Waals surface area contributed by atoms with Gasteiger partial charge in [-0.2, -0.15) is 5.26 Å². The van der Waals surface area contributed by atoms with Gasteiger partial charge in [0.05, 0.1) is 11.7 Å². The lowest BCUT2D eigenvalue weighted by atomic mass is 10.0. The van der Waals surface area contributed by atoms with E-state index in [1.807, 2.05) is 39.8 Å². The number of likely N-dealkylation sites (N-methyl/N-ethyl adjacent to an activating group) is 1. The highest BCUT2D eigenvalue weighted by molar-refractivity contribution is 5.58. The molecule has 1 heterocycles. The molecule has 2 N–H and O–H groups in total. The Balaban J connectivity index is 2.87. The lowest BCUT2D eigenvalue weighted by molar-refractivity contribution is 0.148. The molecule has 0 aliphatic rings. The molecule has 0 radical (unpaired) electrons. The molecule has 19 heavy (non-hydrogen) atoms. The van der Waals surface area contributed by atoms with Crippen LogP contribution in [-0.2, 0) is 0 Å². The van der Waals surface area contributed by atoms with Crippen LogP contribution in [0.15, 0.2) is 0 Å². The number of rotatable bonds is 5. The van der Waals surface area contributed by atoms with Crippen molar-refractivity contribution in [2.45, 2.75) is 26.9 Å². The van der Waals surface area contributed by atoms with E-state index in [1.165, 1.54) is 0 Å². The van der Waals surface area contributed by atoms with Crippen LogP contribution < -0.4 is 5.32 Å². The average molecular weight is 262 g/mol. The highest BCUT2D eigenvalue weighted by Crippen LogP contribution is 2.21. The van der Waals surface area contributed by atoms with Crippen LogP contribution in [0.2, 0.25) is 0 Å². The van der Waals surface area contributed by atoms with Crippen molar-refractivity contribution in [3.05, 3.63) is 22.4 Å². The Bertz CT molecular complexity index is 491. The van der Waals surface area contributed by atoms with Crippen LogP contribution in [0.1, 0.15) is 22.4 Å². The molecule has 0 amide bonds. The van der Waals surface area contributed by atoms with Gasteiger partial charge in [-0.05, 0) is 46.0 Å². The second kappa shape index (κ2) is 6.50. The summed E-state index contributed by atoms with van der Waals surface area (Å²) in [5.74, 6) is 0.556. The Morgan fingerprint density at radius 3 is 2.47 bits per heavy atom. The first-order valence-electron chi connectivity index (χ1n) is 6.31. The third kappa shape index (κ3) is 3.91. The van der Waals surface area contributed by atoms with Crippen molar-refractivity contribution in [1.82, 2.24) is 9.88 Å². The number of hydrogen-bond donors (Lipinski definition) is 2. The zero-order chi connectivity index (χ0) is 14.6. The van der Waals surface area contributed by atoms with Crippen molar-refractivity contribution in [2.24, 2.45) is 0 Å². The first-order chi connectivity index (χ1) is 8.86. The predicted molar refractivity (Wildman–Crippen MR) is 76.2 cm³/mol. The molecule has 0 bridgehead atoms. The molecule has 0 aliphatic heterocycles. The summed E-state index contributed by atoms with van der Waals surface area (Å²) in [5, 5.41) is 22.1. The first-order valence-corrected chi connectivity index (χ1v) is 6.31. The number of anilines is 1. The van der Waals surface area contributed by atoms with Gasteiger partial charge in [0.2, 0.25) is 0 Å². The minimum absolute atomic E-state index is 0.377. The SMILES string of the molecule is Cc1nc(NCC(O)CN(C)C)c(C#N)c(C)c1C. The normalized spacial score (nSPS) is 12.3. The smallest absolute Gasteiger partial charge is 0.144 e. The quantitative estimate of drug-likeness (QED) is 0.834. The Hall–Kier alpha value is -1.64. The fraction of sp³-hybridized carbons (Fsp3) is 0.571. The lowest BCUT2D eigenvalue weighted by Gasteiger charge is -2.18. The van der Waals surface area contributed by atoms with Crippen molar-refractivity contribution in [2.75, 3.05) is 32.5 Å². The molecule has 0 saturated carbocycles. The topological polar surface area (TPSA) is 72.2 Å². The summed E-state index contributed by atoms with van der Waals surface area (Å²) < 4.78 is 0. The maximum atomic E-state index is 9.82. The Morgan fingerprint density at radius 1 is 1.32 bits per heavy atom. The minimum atomic E-state index is -0.495. The van der Waals surface area contributed by atoms with E-state index in [2.05, 4.69) is 16.4 Å². The van der Waals surface area contributed by atoms with Gasteiger partial charge in [0.15, 0.2) is 0 Å². The standard InChI is InChI=1S/C14H22N4O/c1-9-10(2)13(6-15)14(17-11(9)3)16-7-12(19)8-18(4)5/h12,19H,7-8H2,1-5H3,(H,16,17). The Morgan fingerprint density at radius 2 is 1.95 bits per heavy atom. The molecule has 1 aromatic heterocycles. The predicted octanol–water partition coefficient (Wildman–Crippen LogP) is 1.21. The van der Waals surface area contributed by atoms with E-state index in [9.17, 15) is 10.4 Å². The highest BCUT2D eigenvalue weighted by Gasteiger charge is 2.13. The molecule has 0 aromatic carbocycles. The van der Waals surface area contributed by atoms with Crippen LogP contribution in [0, 0.1) is 32.1 Å². The third-order valence-corrected chi connectivity index (χ3v) is 3.19. The van der Waals surface area contributed by atoms with Gasteiger partial charge >= 0.3 is 0 Å². The van der Waals surface area contributed by atoms with Gasteiger partial charge in [0.25, 0.3) is 0 Å². The first kappa shape index (κ1) is 15.4. The van der Waals surface area contributed by atoms with Crippen molar-refractivity contribution < 1.29 is 5.11 Å². The number of aryl methyl sites for hydroxylation is 1. The number of aromatic nitrogens is 1. The van der Waals surface area contributed by atoms with Gasteiger partial charge in [-0.1, -0.05) is 0 Å². The summed E-state index contributed by atoms with van der Waals surface area (Å²) in [6, 6.07) is 2.18. The molecular formula is C14H22N4O. The largest absolute Gasteiger partial charge is 0.390 e. The van der Waals surface area contributed by atoms with Gasteiger partial charge in [0.1, 0.15) is 11.9 Å².